The van der Waals surface area contributed by atoms with E-state index in [9.17, 15) is 18.6 Å². The van der Waals surface area contributed by atoms with Crippen LogP contribution < -0.4 is 4.72 Å². The van der Waals surface area contributed by atoms with E-state index in [0.29, 0.717) is 17.8 Å². The normalized spacial score (nSPS) is 26.0. The Kier molecular flexibility index (Phi) is 8.66. The fourth-order valence-electron chi connectivity index (χ4n) is 5.46. The minimum atomic E-state index is -3.75. The third kappa shape index (κ3) is 6.35. The average Bonchev–Trinajstić information content (AvgIpc) is 3.42. The van der Waals surface area contributed by atoms with Gasteiger partial charge in [-0.3, -0.25) is 9.62 Å². The molecule has 0 amide bonds. The number of sulfonamides is 1. The number of hydrogen-bond donors (Lipinski definition) is 3. The van der Waals surface area contributed by atoms with Crippen LogP contribution in [-0.2, 0) is 26.1 Å². The van der Waals surface area contributed by atoms with Crippen molar-refractivity contribution in [2.45, 2.75) is 55.8 Å². The summed E-state index contributed by atoms with van der Waals surface area (Å²) in [5.41, 5.74) is 2.94. The molecule has 2 heterocycles. The summed E-state index contributed by atoms with van der Waals surface area (Å²) in [5, 5.41) is 19.3. The number of anilines is 1. The lowest BCUT2D eigenvalue weighted by Gasteiger charge is -2.43. The van der Waals surface area contributed by atoms with Gasteiger partial charge in [0.05, 0.1) is 30.3 Å². The van der Waals surface area contributed by atoms with E-state index in [4.69, 9.17) is 9.47 Å². The van der Waals surface area contributed by atoms with Gasteiger partial charge in [-0.05, 0) is 54.8 Å². The summed E-state index contributed by atoms with van der Waals surface area (Å²) in [6, 6.07) is 23.2. The molecule has 0 aromatic heterocycles. The van der Waals surface area contributed by atoms with E-state index in [1.54, 1.807) is 48.5 Å². The van der Waals surface area contributed by atoms with Gasteiger partial charge in [0.1, 0.15) is 0 Å². The summed E-state index contributed by atoms with van der Waals surface area (Å²) in [4.78, 5) is 2.48. The Bertz CT molecular complexity index is 1340. The summed E-state index contributed by atoms with van der Waals surface area (Å²) in [6.45, 7) is 3.78. The van der Waals surface area contributed by atoms with Crippen LogP contribution in [0.15, 0.2) is 83.8 Å². The van der Waals surface area contributed by atoms with Crippen molar-refractivity contribution in [3.05, 3.63) is 95.6 Å². The lowest BCUT2D eigenvalue weighted by Crippen LogP contribution is -2.46. The van der Waals surface area contributed by atoms with Crippen molar-refractivity contribution < 1.29 is 28.1 Å². The van der Waals surface area contributed by atoms with Gasteiger partial charge in [-0.2, -0.15) is 0 Å². The second kappa shape index (κ2) is 12.2. The van der Waals surface area contributed by atoms with Gasteiger partial charge >= 0.3 is 0 Å². The van der Waals surface area contributed by atoms with Gasteiger partial charge in [0.25, 0.3) is 10.0 Å². The number of benzene rings is 3. The van der Waals surface area contributed by atoms with E-state index in [2.05, 4.69) is 16.5 Å². The van der Waals surface area contributed by atoms with Crippen LogP contribution in [0.2, 0.25) is 0 Å². The zero-order valence-corrected chi connectivity index (χ0v) is 22.8. The van der Waals surface area contributed by atoms with Crippen LogP contribution in [0, 0.1) is 5.92 Å². The molecule has 9 heteroatoms. The molecule has 0 unspecified atom stereocenters. The van der Waals surface area contributed by atoms with Crippen molar-refractivity contribution >= 4 is 15.7 Å². The molecule has 5 rings (SSSR count). The molecule has 3 N–H and O–H groups in total. The maximum absolute atomic E-state index is 12.9. The average molecular weight is 553 g/mol. The SMILES string of the molecule is C[C@@H]1[C@H](CN2CCC[C@H]2CO)O[C@H](c2cccc(NS(=O)(=O)c3ccccc3)c2)O[C@@H]1c1ccc(CO)cc1. The van der Waals surface area contributed by atoms with Crippen LogP contribution in [0.3, 0.4) is 0 Å². The lowest BCUT2D eigenvalue weighted by molar-refractivity contribution is -0.276. The fraction of sp³-hybridized carbons (Fsp3) is 0.400. The van der Waals surface area contributed by atoms with Crippen molar-refractivity contribution in [1.82, 2.24) is 4.90 Å². The zero-order valence-electron chi connectivity index (χ0n) is 22.0. The van der Waals surface area contributed by atoms with Crippen molar-refractivity contribution in [3.8, 4) is 0 Å². The maximum atomic E-state index is 12.9. The molecule has 8 nitrogen and oxygen atoms in total. The number of ether oxygens (including phenoxy) is 2. The molecule has 2 aliphatic rings. The first-order chi connectivity index (χ1) is 18.9. The summed E-state index contributed by atoms with van der Waals surface area (Å²) in [6.07, 6.45) is 0.837. The predicted octanol–water partition coefficient (Wildman–Crippen LogP) is 4.23. The second-order valence-electron chi connectivity index (χ2n) is 10.3. The van der Waals surface area contributed by atoms with Gasteiger partial charge < -0.3 is 19.7 Å². The van der Waals surface area contributed by atoms with Gasteiger partial charge in [-0.15, -0.1) is 0 Å². The van der Waals surface area contributed by atoms with Crippen LogP contribution in [-0.4, -0.2) is 55.4 Å². The van der Waals surface area contributed by atoms with Gasteiger partial charge in [0, 0.05) is 29.8 Å². The van der Waals surface area contributed by atoms with E-state index in [0.717, 1.165) is 30.5 Å². The van der Waals surface area contributed by atoms with Crippen LogP contribution in [0.4, 0.5) is 5.69 Å². The van der Waals surface area contributed by atoms with Crippen LogP contribution >= 0.6 is 0 Å². The molecule has 0 bridgehead atoms. The molecule has 2 saturated heterocycles. The third-order valence-corrected chi connectivity index (χ3v) is 9.11. The summed E-state index contributed by atoms with van der Waals surface area (Å²) < 4.78 is 41.6. The molecule has 0 spiro atoms. The van der Waals surface area contributed by atoms with Gasteiger partial charge in [0.2, 0.25) is 0 Å². The highest BCUT2D eigenvalue weighted by Gasteiger charge is 2.40. The van der Waals surface area contributed by atoms with Crippen molar-refractivity contribution in [2.24, 2.45) is 5.92 Å². The Labute approximate surface area is 230 Å². The lowest BCUT2D eigenvalue weighted by atomic mass is 9.90. The molecule has 2 aliphatic heterocycles. The molecule has 3 aromatic rings. The molecule has 2 fully saturated rings. The van der Waals surface area contributed by atoms with Crippen molar-refractivity contribution in [2.75, 3.05) is 24.4 Å². The number of nitrogens with one attached hydrogen (secondary N) is 1. The number of likely N-dealkylation sites (tertiary alicyclic amines) is 1. The Morgan fingerprint density at radius 1 is 0.949 bits per heavy atom. The molecule has 39 heavy (non-hydrogen) atoms. The Morgan fingerprint density at radius 2 is 1.72 bits per heavy atom. The van der Waals surface area contributed by atoms with Crippen LogP contribution in [0.5, 0.6) is 0 Å². The largest absolute Gasteiger partial charge is 0.395 e. The zero-order chi connectivity index (χ0) is 27.4. The molecule has 0 saturated carbocycles. The number of nitrogens with zero attached hydrogens (tertiary/aromatic N) is 1. The Balaban J connectivity index is 1.42. The Hall–Kier alpha value is -2.79. The van der Waals surface area contributed by atoms with E-state index in [1.165, 1.54) is 0 Å². The highest BCUT2D eigenvalue weighted by molar-refractivity contribution is 7.92. The fourth-order valence-corrected chi connectivity index (χ4v) is 6.53. The first-order valence-electron chi connectivity index (χ1n) is 13.4. The summed E-state index contributed by atoms with van der Waals surface area (Å²) >= 11 is 0. The van der Waals surface area contributed by atoms with Gasteiger partial charge in [-0.1, -0.05) is 61.5 Å². The molecular weight excluding hydrogens is 516 g/mol. The van der Waals surface area contributed by atoms with E-state index in [1.807, 2.05) is 30.3 Å². The highest BCUT2D eigenvalue weighted by atomic mass is 32.2. The first kappa shape index (κ1) is 27.8. The van der Waals surface area contributed by atoms with Gasteiger partial charge in [-0.25, -0.2) is 8.42 Å². The molecule has 0 aliphatic carbocycles. The number of aliphatic hydroxyl groups excluding tert-OH is 2. The van der Waals surface area contributed by atoms with Crippen LogP contribution in [0.1, 0.15) is 48.8 Å². The monoisotopic (exact) mass is 552 g/mol. The Morgan fingerprint density at radius 3 is 2.44 bits per heavy atom. The number of rotatable bonds is 9. The molecule has 3 aromatic carbocycles. The van der Waals surface area contributed by atoms with E-state index >= 15 is 0 Å². The predicted molar refractivity (Wildman–Crippen MR) is 148 cm³/mol. The minimum Gasteiger partial charge on any atom is -0.395 e. The number of hydrogen-bond acceptors (Lipinski definition) is 7. The van der Waals surface area contributed by atoms with E-state index < -0.39 is 16.3 Å². The summed E-state index contributed by atoms with van der Waals surface area (Å²) in [5.74, 6) is 0.0148. The molecule has 208 valence electrons. The highest BCUT2D eigenvalue weighted by Crippen LogP contribution is 2.42. The minimum absolute atomic E-state index is 0.0148. The smallest absolute Gasteiger partial charge is 0.261 e. The maximum Gasteiger partial charge on any atom is 0.261 e. The van der Waals surface area contributed by atoms with Crippen LogP contribution in [0.25, 0.3) is 0 Å². The third-order valence-electron chi connectivity index (χ3n) is 7.71. The topological polar surface area (TPSA) is 108 Å². The van der Waals surface area contributed by atoms with Gasteiger partial charge in [0.15, 0.2) is 6.29 Å². The molecule has 0 radical (unpaired) electrons. The second-order valence-corrected chi connectivity index (χ2v) is 12.0. The van der Waals surface area contributed by atoms with Crippen molar-refractivity contribution in [1.29, 1.82) is 0 Å². The van der Waals surface area contributed by atoms with Crippen molar-refractivity contribution in [3.63, 3.8) is 0 Å². The quantitative estimate of drug-likeness (QED) is 0.365. The first-order valence-corrected chi connectivity index (χ1v) is 14.9. The molecular formula is C30H36N2O6S. The van der Waals surface area contributed by atoms with E-state index in [-0.39, 0.29) is 42.3 Å². The number of aliphatic hydroxyl groups is 2. The molecule has 5 atom stereocenters. The standard InChI is InChI=1S/C30H36N2O6S/c1-21-28(18-32-16-6-9-26(32)20-34)37-30(38-29(21)23-14-12-22(19-33)13-15-23)24-7-5-8-25(17-24)31-39(35,36)27-10-3-2-4-11-27/h2-5,7-8,10-15,17,21,26,28-31,33-34H,6,9,16,18-20H2,1H3/t21-,26+,28+,29+,30+/m1/s1. The summed E-state index contributed by atoms with van der Waals surface area (Å²) in [7, 11) is -3.75.